The highest BCUT2D eigenvalue weighted by Crippen LogP contribution is 2.48. The van der Waals surface area contributed by atoms with Crippen LogP contribution in [-0.4, -0.2) is 30.9 Å². The predicted octanol–water partition coefficient (Wildman–Crippen LogP) is 4.20. The van der Waals surface area contributed by atoms with Gasteiger partial charge in [-0.3, -0.25) is 0 Å². The van der Waals surface area contributed by atoms with Crippen molar-refractivity contribution < 1.29 is 9.53 Å². The third-order valence-corrected chi connectivity index (χ3v) is 5.45. The summed E-state index contributed by atoms with van der Waals surface area (Å²) in [6.07, 6.45) is 4.28. The summed E-state index contributed by atoms with van der Waals surface area (Å²) in [4.78, 5) is 20.0. The van der Waals surface area contributed by atoms with Crippen LogP contribution in [0.5, 0.6) is 0 Å². The number of benzene rings is 2. The number of nitrogens with zero attached hydrogens (tertiary/aromatic N) is 2. The molecule has 1 aliphatic heterocycles. The Labute approximate surface area is 158 Å². The molecule has 0 radical (unpaired) electrons. The number of carbonyl (C=O) groups excluding carboxylic acids is 1. The second-order valence-electron chi connectivity index (χ2n) is 6.96. The molecule has 1 saturated carbocycles. The van der Waals surface area contributed by atoms with Gasteiger partial charge in [-0.25, -0.2) is 9.79 Å². The van der Waals surface area contributed by atoms with Gasteiger partial charge in [0.05, 0.1) is 19.5 Å². The normalized spacial score (nSPS) is 24.7. The van der Waals surface area contributed by atoms with E-state index in [1.54, 1.807) is 0 Å². The van der Waals surface area contributed by atoms with Crippen molar-refractivity contribution >= 4 is 23.9 Å². The lowest BCUT2D eigenvalue weighted by molar-refractivity contribution is -0.149. The van der Waals surface area contributed by atoms with Crippen LogP contribution in [0.1, 0.15) is 30.0 Å². The summed E-state index contributed by atoms with van der Waals surface area (Å²) in [7, 11) is 1.42. The first-order valence-electron chi connectivity index (χ1n) is 8.85. The van der Waals surface area contributed by atoms with E-state index in [9.17, 15) is 4.79 Å². The molecule has 5 heteroatoms. The van der Waals surface area contributed by atoms with Gasteiger partial charge in [-0.05, 0) is 42.0 Å². The van der Waals surface area contributed by atoms with Crippen molar-refractivity contribution in [2.24, 2.45) is 10.9 Å². The first-order valence-corrected chi connectivity index (χ1v) is 9.23. The molecule has 2 unspecified atom stereocenters. The maximum atomic E-state index is 13.0. The van der Waals surface area contributed by atoms with Gasteiger partial charge in [-0.1, -0.05) is 54.1 Å². The van der Waals surface area contributed by atoms with E-state index in [1.165, 1.54) is 20.0 Å². The average Bonchev–Trinajstić information content (AvgIpc) is 3.41. The van der Waals surface area contributed by atoms with Crippen molar-refractivity contribution in [1.29, 1.82) is 0 Å². The van der Waals surface area contributed by atoms with Crippen LogP contribution in [-0.2, 0) is 15.1 Å². The second-order valence-corrected chi connectivity index (χ2v) is 7.40. The Bertz CT molecular complexity index is 818. The number of halogens is 1. The zero-order valence-electron chi connectivity index (χ0n) is 14.6. The molecular weight excluding hydrogens is 348 g/mol. The lowest BCUT2D eigenvalue weighted by Crippen LogP contribution is -2.44. The molecule has 0 N–H and O–H groups in total. The van der Waals surface area contributed by atoms with Crippen molar-refractivity contribution in [2.45, 2.75) is 24.4 Å². The molecule has 2 aromatic carbocycles. The minimum absolute atomic E-state index is 0.254. The fourth-order valence-corrected chi connectivity index (χ4v) is 3.86. The van der Waals surface area contributed by atoms with Crippen LogP contribution in [0.25, 0.3) is 0 Å². The SMILES string of the molecule is COC(=O)C1(c2ccccc2)N=CN(CC2CC2)C1c1ccc(Cl)cc1. The number of aliphatic imine (C=N–C) groups is 1. The van der Waals surface area contributed by atoms with Gasteiger partial charge in [-0.2, -0.15) is 0 Å². The van der Waals surface area contributed by atoms with Crippen LogP contribution in [0, 0.1) is 5.92 Å². The van der Waals surface area contributed by atoms with Crippen LogP contribution < -0.4 is 0 Å². The molecule has 26 heavy (non-hydrogen) atoms. The first kappa shape index (κ1) is 17.1. The lowest BCUT2D eigenvalue weighted by atomic mass is 9.80. The maximum Gasteiger partial charge on any atom is 0.341 e. The quantitative estimate of drug-likeness (QED) is 0.742. The van der Waals surface area contributed by atoms with Crippen LogP contribution in [0.3, 0.4) is 0 Å². The van der Waals surface area contributed by atoms with Crippen LogP contribution in [0.15, 0.2) is 59.6 Å². The van der Waals surface area contributed by atoms with Gasteiger partial charge in [0.2, 0.25) is 5.54 Å². The average molecular weight is 369 g/mol. The van der Waals surface area contributed by atoms with Crippen molar-refractivity contribution in [3.05, 3.63) is 70.7 Å². The van der Waals surface area contributed by atoms with Gasteiger partial charge in [-0.15, -0.1) is 0 Å². The number of ether oxygens (including phenoxy) is 1. The Morgan fingerprint density at radius 2 is 1.88 bits per heavy atom. The van der Waals surface area contributed by atoms with Gasteiger partial charge >= 0.3 is 5.97 Å². The van der Waals surface area contributed by atoms with Gasteiger partial charge in [0, 0.05) is 11.6 Å². The molecule has 2 aromatic rings. The summed E-state index contributed by atoms with van der Waals surface area (Å²) >= 11 is 6.09. The highest BCUT2D eigenvalue weighted by molar-refractivity contribution is 6.30. The Morgan fingerprint density at radius 1 is 1.19 bits per heavy atom. The van der Waals surface area contributed by atoms with Crippen molar-refractivity contribution in [1.82, 2.24) is 4.90 Å². The molecule has 134 valence electrons. The van der Waals surface area contributed by atoms with Crippen LogP contribution in [0.2, 0.25) is 5.02 Å². The van der Waals surface area contributed by atoms with Gasteiger partial charge < -0.3 is 9.64 Å². The summed E-state index contributed by atoms with van der Waals surface area (Å²) in [5.74, 6) is 0.318. The first-order chi connectivity index (χ1) is 12.6. The number of methoxy groups -OCH3 is 1. The summed E-state index contributed by atoms with van der Waals surface area (Å²) in [5.41, 5.74) is 0.724. The van der Waals surface area contributed by atoms with E-state index in [4.69, 9.17) is 21.3 Å². The topological polar surface area (TPSA) is 41.9 Å². The third-order valence-electron chi connectivity index (χ3n) is 5.20. The minimum Gasteiger partial charge on any atom is -0.467 e. The summed E-state index contributed by atoms with van der Waals surface area (Å²) in [5, 5.41) is 0.671. The molecule has 0 amide bonds. The van der Waals surface area contributed by atoms with Crippen molar-refractivity contribution in [3.63, 3.8) is 0 Å². The van der Waals surface area contributed by atoms with Gasteiger partial charge in [0.25, 0.3) is 0 Å². The summed E-state index contributed by atoms with van der Waals surface area (Å²) in [6.45, 7) is 0.891. The fourth-order valence-electron chi connectivity index (χ4n) is 3.73. The van der Waals surface area contributed by atoms with E-state index in [1.807, 2.05) is 60.9 Å². The molecule has 0 bridgehead atoms. The molecule has 4 rings (SSSR count). The molecule has 0 aromatic heterocycles. The standard InChI is InChI=1S/C21H21ClN2O2/c1-26-20(25)21(17-5-3-2-4-6-17)19(16-9-11-18(22)12-10-16)24(14-23-21)13-15-7-8-15/h2-6,9-12,14-15,19H,7-8,13H2,1H3. The molecule has 1 heterocycles. The molecular formula is C21H21ClN2O2. The van der Waals surface area contributed by atoms with Gasteiger partial charge in [0.1, 0.15) is 0 Å². The number of hydrogen-bond donors (Lipinski definition) is 0. The van der Waals surface area contributed by atoms with Crippen LogP contribution in [0.4, 0.5) is 0 Å². The molecule has 1 aliphatic carbocycles. The number of esters is 1. The van der Waals surface area contributed by atoms with Crippen molar-refractivity contribution in [3.8, 4) is 0 Å². The zero-order chi connectivity index (χ0) is 18.1. The summed E-state index contributed by atoms with van der Waals surface area (Å²) < 4.78 is 5.23. The Kier molecular flexibility index (Phi) is 4.45. The lowest BCUT2D eigenvalue weighted by Gasteiger charge is -2.36. The molecule has 0 spiro atoms. The molecule has 1 fully saturated rings. The van der Waals surface area contributed by atoms with E-state index in [2.05, 4.69) is 4.90 Å². The smallest absolute Gasteiger partial charge is 0.341 e. The number of rotatable bonds is 5. The molecule has 0 saturated heterocycles. The monoisotopic (exact) mass is 368 g/mol. The van der Waals surface area contributed by atoms with E-state index >= 15 is 0 Å². The zero-order valence-corrected chi connectivity index (χ0v) is 15.4. The molecule has 4 nitrogen and oxygen atoms in total. The van der Waals surface area contributed by atoms with Gasteiger partial charge in [0.15, 0.2) is 0 Å². The predicted molar refractivity (Wildman–Crippen MR) is 102 cm³/mol. The van der Waals surface area contributed by atoms with E-state index < -0.39 is 5.54 Å². The highest BCUT2D eigenvalue weighted by Gasteiger charge is 2.54. The van der Waals surface area contributed by atoms with Crippen molar-refractivity contribution in [2.75, 3.05) is 13.7 Å². The van der Waals surface area contributed by atoms with E-state index in [-0.39, 0.29) is 12.0 Å². The molecule has 2 aliphatic rings. The summed E-state index contributed by atoms with van der Waals surface area (Å²) in [6, 6.07) is 17.1. The second kappa shape index (κ2) is 6.76. The maximum absolute atomic E-state index is 13.0. The minimum atomic E-state index is -1.11. The Morgan fingerprint density at radius 3 is 2.50 bits per heavy atom. The Balaban J connectivity index is 1.85. The fraction of sp³-hybridized carbons (Fsp3) is 0.333. The largest absolute Gasteiger partial charge is 0.467 e. The van der Waals surface area contributed by atoms with E-state index in [0.717, 1.165) is 17.7 Å². The third kappa shape index (κ3) is 2.88. The number of hydrogen-bond acceptors (Lipinski definition) is 4. The van der Waals surface area contributed by atoms with E-state index in [0.29, 0.717) is 10.9 Å². The Hall–Kier alpha value is -2.33. The van der Waals surface area contributed by atoms with Crippen LogP contribution >= 0.6 is 11.6 Å². The highest BCUT2D eigenvalue weighted by atomic mass is 35.5. The molecule has 2 atom stereocenters. The number of carbonyl (C=O) groups is 1.